The van der Waals surface area contributed by atoms with Gasteiger partial charge in [0.15, 0.2) is 5.13 Å². The molecule has 0 bridgehead atoms. The Hall–Kier alpha value is -2.08. The van der Waals surface area contributed by atoms with Crippen molar-refractivity contribution in [3.63, 3.8) is 0 Å². The van der Waals surface area contributed by atoms with E-state index in [0.717, 1.165) is 5.69 Å². The van der Waals surface area contributed by atoms with Gasteiger partial charge in [-0.2, -0.15) is 0 Å². The molecule has 0 aliphatic rings. The summed E-state index contributed by atoms with van der Waals surface area (Å²) in [6, 6.07) is 10.1. The highest BCUT2D eigenvalue weighted by atomic mass is 32.1. The maximum Gasteiger partial charge on any atom is 0.321 e. The molecule has 1 atom stereocenters. The van der Waals surface area contributed by atoms with Crippen LogP contribution in [0.2, 0.25) is 0 Å². The first-order valence-corrected chi connectivity index (χ1v) is 7.27. The van der Waals surface area contributed by atoms with E-state index in [1.54, 1.807) is 6.20 Å². The molecule has 1 aromatic carbocycles. The van der Waals surface area contributed by atoms with Gasteiger partial charge in [0, 0.05) is 36.9 Å². The van der Waals surface area contributed by atoms with E-state index in [0.29, 0.717) is 11.7 Å². The fourth-order valence-electron chi connectivity index (χ4n) is 1.72. The molecular formula is C14H18N4OS. The summed E-state index contributed by atoms with van der Waals surface area (Å²) in [5, 5.41) is 7.97. The van der Waals surface area contributed by atoms with Crippen LogP contribution in [-0.4, -0.2) is 30.6 Å². The summed E-state index contributed by atoms with van der Waals surface area (Å²) in [4.78, 5) is 17.8. The molecular weight excluding hydrogens is 272 g/mol. The molecule has 20 heavy (non-hydrogen) atoms. The van der Waals surface area contributed by atoms with E-state index in [1.807, 2.05) is 42.8 Å². The number of benzene rings is 1. The summed E-state index contributed by atoms with van der Waals surface area (Å²) in [6.45, 7) is 2.62. The van der Waals surface area contributed by atoms with Crippen molar-refractivity contribution in [3.05, 3.63) is 41.9 Å². The van der Waals surface area contributed by atoms with Gasteiger partial charge in [0.1, 0.15) is 0 Å². The Labute approximate surface area is 122 Å². The number of likely N-dealkylation sites (N-methyl/N-ethyl adjacent to an activating group) is 1. The third kappa shape index (κ3) is 3.96. The molecule has 0 fully saturated rings. The number of nitrogens with one attached hydrogen (secondary N) is 2. The first kappa shape index (κ1) is 14.3. The molecule has 6 heteroatoms. The van der Waals surface area contributed by atoms with E-state index in [-0.39, 0.29) is 12.1 Å². The Morgan fingerprint density at radius 2 is 2.15 bits per heavy atom. The molecule has 1 aromatic heterocycles. The SMILES string of the molecule is C[C@H](CNC(=O)Nc1nccs1)N(C)c1ccccc1. The van der Waals surface area contributed by atoms with Gasteiger partial charge >= 0.3 is 6.03 Å². The summed E-state index contributed by atoms with van der Waals surface area (Å²) >= 11 is 1.40. The van der Waals surface area contributed by atoms with E-state index in [9.17, 15) is 4.79 Å². The normalized spacial score (nSPS) is 11.7. The van der Waals surface area contributed by atoms with Crippen LogP contribution in [0.1, 0.15) is 6.92 Å². The number of urea groups is 1. The number of aromatic nitrogens is 1. The molecule has 2 rings (SSSR count). The minimum absolute atomic E-state index is 0.194. The number of amides is 2. The minimum atomic E-state index is -0.228. The van der Waals surface area contributed by atoms with Crippen LogP contribution in [0.5, 0.6) is 0 Å². The Bertz CT molecular complexity index is 529. The topological polar surface area (TPSA) is 57.3 Å². The second-order valence-electron chi connectivity index (χ2n) is 4.47. The molecule has 106 valence electrons. The number of carbonyl (C=O) groups is 1. The maximum atomic E-state index is 11.7. The van der Waals surface area contributed by atoms with Crippen LogP contribution < -0.4 is 15.5 Å². The Kier molecular flexibility index (Phi) is 4.95. The number of thiazole rings is 1. The number of rotatable bonds is 5. The number of hydrogen-bond donors (Lipinski definition) is 2. The van der Waals surface area contributed by atoms with E-state index < -0.39 is 0 Å². The summed E-state index contributed by atoms with van der Waals surface area (Å²) in [7, 11) is 2.01. The predicted molar refractivity (Wildman–Crippen MR) is 83.4 cm³/mol. The van der Waals surface area contributed by atoms with Crippen molar-refractivity contribution in [1.29, 1.82) is 0 Å². The predicted octanol–water partition coefficient (Wildman–Crippen LogP) is 2.79. The summed E-state index contributed by atoms with van der Waals surface area (Å²) in [5.41, 5.74) is 1.13. The van der Waals surface area contributed by atoms with Crippen LogP contribution in [0, 0.1) is 0 Å². The van der Waals surface area contributed by atoms with Crippen LogP contribution in [0.25, 0.3) is 0 Å². The molecule has 0 saturated heterocycles. The van der Waals surface area contributed by atoms with Crippen molar-refractivity contribution in [1.82, 2.24) is 10.3 Å². The van der Waals surface area contributed by atoms with Gasteiger partial charge in [0.2, 0.25) is 0 Å². The second-order valence-corrected chi connectivity index (χ2v) is 5.36. The highest BCUT2D eigenvalue weighted by Gasteiger charge is 2.11. The van der Waals surface area contributed by atoms with Gasteiger partial charge in [0.25, 0.3) is 0 Å². The van der Waals surface area contributed by atoms with E-state index in [1.165, 1.54) is 11.3 Å². The highest BCUT2D eigenvalue weighted by molar-refractivity contribution is 7.13. The lowest BCUT2D eigenvalue weighted by Crippen LogP contribution is -2.41. The molecule has 0 saturated carbocycles. The Morgan fingerprint density at radius 3 is 2.80 bits per heavy atom. The quantitative estimate of drug-likeness (QED) is 0.890. The Morgan fingerprint density at radius 1 is 1.40 bits per heavy atom. The third-order valence-corrected chi connectivity index (χ3v) is 3.72. The van der Waals surface area contributed by atoms with Crippen molar-refractivity contribution in [2.75, 3.05) is 23.8 Å². The molecule has 0 aliphatic carbocycles. The Balaban J connectivity index is 1.80. The van der Waals surface area contributed by atoms with Crippen LogP contribution >= 0.6 is 11.3 Å². The van der Waals surface area contributed by atoms with E-state index in [4.69, 9.17) is 0 Å². The number of carbonyl (C=O) groups excluding carboxylic acids is 1. The van der Waals surface area contributed by atoms with Crippen LogP contribution in [0.4, 0.5) is 15.6 Å². The largest absolute Gasteiger partial charge is 0.370 e. The standard InChI is InChI=1S/C14H18N4OS/c1-11(18(2)12-6-4-3-5-7-12)10-16-13(19)17-14-15-8-9-20-14/h3-9,11H,10H2,1-2H3,(H2,15,16,17,19)/t11-/m1/s1. The van der Waals surface area contributed by atoms with Crippen molar-refractivity contribution < 1.29 is 4.79 Å². The van der Waals surface area contributed by atoms with Crippen molar-refractivity contribution >= 4 is 28.2 Å². The summed E-state index contributed by atoms with van der Waals surface area (Å²) in [6.07, 6.45) is 1.66. The molecule has 0 radical (unpaired) electrons. The monoisotopic (exact) mass is 290 g/mol. The number of anilines is 2. The zero-order chi connectivity index (χ0) is 14.4. The molecule has 2 amide bonds. The molecule has 0 spiro atoms. The lowest BCUT2D eigenvalue weighted by Gasteiger charge is -2.27. The minimum Gasteiger partial charge on any atom is -0.370 e. The van der Waals surface area contributed by atoms with Gasteiger partial charge < -0.3 is 10.2 Å². The molecule has 5 nitrogen and oxygen atoms in total. The average Bonchev–Trinajstić information content (AvgIpc) is 2.97. The zero-order valence-electron chi connectivity index (χ0n) is 11.5. The zero-order valence-corrected chi connectivity index (χ0v) is 12.4. The molecule has 1 heterocycles. The van der Waals surface area contributed by atoms with E-state index >= 15 is 0 Å². The number of nitrogens with zero attached hydrogens (tertiary/aromatic N) is 2. The fraction of sp³-hybridized carbons (Fsp3) is 0.286. The van der Waals surface area contributed by atoms with Crippen LogP contribution in [0.3, 0.4) is 0 Å². The molecule has 2 N–H and O–H groups in total. The van der Waals surface area contributed by atoms with Gasteiger partial charge in [-0.05, 0) is 19.1 Å². The number of para-hydroxylation sites is 1. The van der Waals surface area contributed by atoms with Crippen molar-refractivity contribution in [3.8, 4) is 0 Å². The van der Waals surface area contributed by atoms with Gasteiger partial charge in [-0.3, -0.25) is 5.32 Å². The third-order valence-electron chi connectivity index (χ3n) is 3.04. The van der Waals surface area contributed by atoms with Crippen LogP contribution in [0.15, 0.2) is 41.9 Å². The van der Waals surface area contributed by atoms with Crippen molar-refractivity contribution in [2.24, 2.45) is 0 Å². The molecule has 0 aliphatic heterocycles. The highest BCUT2D eigenvalue weighted by Crippen LogP contribution is 2.13. The van der Waals surface area contributed by atoms with Gasteiger partial charge in [-0.1, -0.05) is 18.2 Å². The van der Waals surface area contributed by atoms with E-state index in [2.05, 4.69) is 27.4 Å². The maximum absolute atomic E-state index is 11.7. The fourth-order valence-corrected chi connectivity index (χ4v) is 2.25. The molecule has 2 aromatic rings. The lowest BCUT2D eigenvalue weighted by molar-refractivity contribution is 0.251. The second kappa shape index (κ2) is 6.91. The average molecular weight is 290 g/mol. The smallest absolute Gasteiger partial charge is 0.321 e. The van der Waals surface area contributed by atoms with Gasteiger partial charge in [-0.25, -0.2) is 9.78 Å². The van der Waals surface area contributed by atoms with Gasteiger partial charge in [-0.15, -0.1) is 11.3 Å². The molecule has 0 unspecified atom stereocenters. The summed E-state index contributed by atoms with van der Waals surface area (Å²) < 4.78 is 0. The number of hydrogen-bond acceptors (Lipinski definition) is 4. The first-order valence-electron chi connectivity index (χ1n) is 6.39. The lowest BCUT2D eigenvalue weighted by atomic mass is 10.2. The van der Waals surface area contributed by atoms with Crippen LogP contribution in [-0.2, 0) is 0 Å². The van der Waals surface area contributed by atoms with Gasteiger partial charge in [0.05, 0.1) is 0 Å². The van der Waals surface area contributed by atoms with Crippen molar-refractivity contribution in [2.45, 2.75) is 13.0 Å². The summed E-state index contributed by atoms with van der Waals surface area (Å²) in [5.74, 6) is 0. The first-order chi connectivity index (χ1) is 9.66.